The van der Waals surface area contributed by atoms with Crippen molar-refractivity contribution in [3.8, 4) is 0 Å². The van der Waals surface area contributed by atoms with Crippen LogP contribution < -0.4 is 0 Å². The molecular formula is C21H24N2O6S2. The second-order valence-electron chi connectivity index (χ2n) is 7.63. The lowest BCUT2D eigenvalue weighted by Gasteiger charge is -2.19. The monoisotopic (exact) mass is 464 g/mol. The van der Waals surface area contributed by atoms with Gasteiger partial charge in [-0.3, -0.25) is 14.3 Å². The highest BCUT2D eigenvalue weighted by molar-refractivity contribution is 7.91. The fourth-order valence-electron chi connectivity index (χ4n) is 3.68. The zero-order chi connectivity index (χ0) is 23.0. The minimum atomic E-state index is -4.42. The topological polar surface area (TPSA) is 121 Å². The molecule has 0 aromatic heterocycles. The van der Waals surface area contributed by atoms with Crippen LogP contribution in [0.2, 0.25) is 0 Å². The summed E-state index contributed by atoms with van der Waals surface area (Å²) >= 11 is 0. The van der Waals surface area contributed by atoms with Crippen LogP contribution in [0.5, 0.6) is 0 Å². The highest BCUT2D eigenvalue weighted by Crippen LogP contribution is 2.36. The van der Waals surface area contributed by atoms with E-state index in [1.807, 2.05) is 0 Å². The van der Waals surface area contributed by atoms with Gasteiger partial charge in [0.1, 0.15) is 5.71 Å². The van der Waals surface area contributed by atoms with Crippen LogP contribution in [0.1, 0.15) is 35.8 Å². The van der Waals surface area contributed by atoms with Crippen LogP contribution in [-0.4, -0.2) is 49.9 Å². The number of amides is 1. The number of aryl methyl sites for hydroxylation is 1. The smallest absolute Gasteiger partial charge is 0.282 e. The molecule has 2 aromatic rings. The fourth-order valence-corrected chi connectivity index (χ4v) is 6.51. The summed E-state index contributed by atoms with van der Waals surface area (Å²) in [4.78, 5) is 17.0. The molecule has 1 amide bonds. The van der Waals surface area contributed by atoms with E-state index in [-0.39, 0.29) is 23.6 Å². The van der Waals surface area contributed by atoms with E-state index < -0.39 is 37.3 Å². The summed E-state index contributed by atoms with van der Waals surface area (Å²) in [7, 11) is -8.42. The van der Waals surface area contributed by atoms with Crippen molar-refractivity contribution in [1.29, 1.82) is 0 Å². The molecule has 1 fully saturated rings. The molecule has 10 heteroatoms. The van der Waals surface area contributed by atoms with Crippen molar-refractivity contribution in [2.75, 3.05) is 6.54 Å². The lowest BCUT2D eigenvalue weighted by atomic mass is 10.1. The minimum absolute atomic E-state index is 0.0160. The first kappa shape index (κ1) is 23.1. The Labute approximate surface area is 182 Å². The summed E-state index contributed by atoms with van der Waals surface area (Å²) in [5, 5.41) is -1.22. The standard InChI is InChI=1S/C21H24N2O6S2/c1-14(2)23-21(24)19(20(30(23,25)26)16-7-5-4-6-8-16)22-12-11-17-13-15(3)9-10-18(17)31(27,28)29/h4-10,13-14,20H,11-12H2,1-3H3,(H,27,28,29). The van der Waals surface area contributed by atoms with Gasteiger partial charge in [-0.15, -0.1) is 0 Å². The molecule has 166 valence electrons. The number of carbonyl (C=O) groups is 1. The zero-order valence-corrected chi connectivity index (χ0v) is 19.0. The maximum atomic E-state index is 13.1. The minimum Gasteiger partial charge on any atom is -0.282 e. The van der Waals surface area contributed by atoms with Gasteiger partial charge in [0.25, 0.3) is 26.0 Å². The molecule has 0 saturated carbocycles. The van der Waals surface area contributed by atoms with E-state index in [9.17, 15) is 26.2 Å². The van der Waals surface area contributed by atoms with Gasteiger partial charge >= 0.3 is 0 Å². The molecule has 1 heterocycles. The maximum Gasteiger partial charge on any atom is 0.294 e. The van der Waals surface area contributed by atoms with Crippen LogP contribution in [0.4, 0.5) is 0 Å². The average molecular weight is 465 g/mol. The zero-order valence-electron chi connectivity index (χ0n) is 17.4. The van der Waals surface area contributed by atoms with Crippen LogP contribution in [0.15, 0.2) is 58.4 Å². The molecule has 0 spiro atoms. The summed E-state index contributed by atoms with van der Waals surface area (Å²) in [6, 6.07) is 12.3. The molecule has 1 aliphatic rings. The van der Waals surface area contributed by atoms with Crippen molar-refractivity contribution in [2.45, 2.75) is 43.4 Å². The molecular weight excluding hydrogens is 440 g/mol. The molecule has 1 N–H and O–H groups in total. The Hall–Kier alpha value is -2.56. The fraction of sp³-hybridized carbons (Fsp3) is 0.333. The van der Waals surface area contributed by atoms with Crippen LogP contribution in [0.25, 0.3) is 0 Å². The van der Waals surface area contributed by atoms with Crippen molar-refractivity contribution >= 4 is 31.8 Å². The number of hydrogen-bond acceptors (Lipinski definition) is 6. The normalized spacial score (nSPS) is 20.0. The first-order valence-corrected chi connectivity index (χ1v) is 12.6. The van der Waals surface area contributed by atoms with Crippen LogP contribution in [0.3, 0.4) is 0 Å². The van der Waals surface area contributed by atoms with Crippen molar-refractivity contribution in [3.63, 3.8) is 0 Å². The molecule has 0 aliphatic carbocycles. The lowest BCUT2D eigenvalue weighted by molar-refractivity contribution is -0.120. The Morgan fingerprint density at radius 1 is 1.13 bits per heavy atom. The highest BCUT2D eigenvalue weighted by atomic mass is 32.2. The van der Waals surface area contributed by atoms with Gasteiger partial charge in [-0.1, -0.05) is 48.0 Å². The van der Waals surface area contributed by atoms with Crippen molar-refractivity contribution in [2.24, 2.45) is 4.99 Å². The third kappa shape index (κ3) is 4.56. The Kier molecular flexibility index (Phi) is 6.35. The molecule has 8 nitrogen and oxygen atoms in total. The average Bonchev–Trinajstić information content (AvgIpc) is 2.86. The Balaban J connectivity index is 2.01. The van der Waals surface area contributed by atoms with Gasteiger partial charge in [0, 0.05) is 12.6 Å². The summed E-state index contributed by atoms with van der Waals surface area (Å²) in [6.07, 6.45) is 0.108. The maximum absolute atomic E-state index is 13.1. The third-order valence-electron chi connectivity index (χ3n) is 4.97. The number of nitrogens with zero attached hydrogens (tertiary/aromatic N) is 2. The predicted molar refractivity (Wildman–Crippen MR) is 117 cm³/mol. The summed E-state index contributed by atoms with van der Waals surface area (Å²) in [6.45, 7) is 5.00. The van der Waals surface area contributed by atoms with E-state index in [1.165, 1.54) is 6.07 Å². The first-order valence-electron chi connectivity index (χ1n) is 9.68. The van der Waals surface area contributed by atoms with E-state index in [0.29, 0.717) is 11.1 Å². The van der Waals surface area contributed by atoms with Gasteiger partial charge < -0.3 is 0 Å². The van der Waals surface area contributed by atoms with Gasteiger partial charge in [0.2, 0.25) is 0 Å². The van der Waals surface area contributed by atoms with Crippen LogP contribution in [-0.2, 0) is 31.4 Å². The quantitative estimate of drug-likeness (QED) is 0.656. The molecule has 0 bridgehead atoms. The van der Waals surface area contributed by atoms with Gasteiger partial charge in [0.05, 0.1) is 4.90 Å². The van der Waals surface area contributed by atoms with E-state index in [1.54, 1.807) is 63.2 Å². The van der Waals surface area contributed by atoms with Gasteiger partial charge in [-0.25, -0.2) is 12.7 Å². The largest absolute Gasteiger partial charge is 0.294 e. The van der Waals surface area contributed by atoms with E-state index in [4.69, 9.17) is 0 Å². The molecule has 2 aromatic carbocycles. The molecule has 1 atom stereocenters. The second kappa shape index (κ2) is 8.52. The summed E-state index contributed by atoms with van der Waals surface area (Å²) in [5.41, 5.74) is 1.48. The molecule has 0 radical (unpaired) electrons. The number of aliphatic imine (C=N–C) groups is 1. The number of benzene rings is 2. The number of carbonyl (C=O) groups excluding carboxylic acids is 1. The Morgan fingerprint density at radius 3 is 2.35 bits per heavy atom. The Morgan fingerprint density at radius 2 is 1.77 bits per heavy atom. The van der Waals surface area contributed by atoms with Crippen molar-refractivity contribution in [1.82, 2.24) is 4.31 Å². The van der Waals surface area contributed by atoms with Gasteiger partial charge in [-0.05, 0) is 44.4 Å². The van der Waals surface area contributed by atoms with E-state index in [2.05, 4.69) is 4.99 Å². The van der Waals surface area contributed by atoms with Crippen molar-refractivity contribution in [3.05, 3.63) is 65.2 Å². The number of sulfonamides is 1. The van der Waals surface area contributed by atoms with Gasteiger partial charge in [0.15, 0.2) is 5.25 Å². The summed E-state index contributed by atoms with van der Waals surface area (Å²) in [5.74, 6) is -0.678. The number of hydrogen-bond donors (Lipinski definition) is 1. The molecule has 3 rings (SSSR count). The second-order valence-corrected chi connectivity index (χ2v) is 10.9. The van der Waals surface area contributed by atoms with Crippen LogP contribution >= 0.6 is 0 Å². The molecule has 1 saturated heterocycles. The van der Waals surface area contributed by atoms with Gasteiger partial charge in [-0.2, -0.15) is 8.42 Å². The summed E-state index contributed by atoms with van der Waals surface area (Å²) < 4.78 is 59.9. The number of rotatable bonds is 6. The lowest BCUT2D eigenvalue weighted by Crippen LogP contribution is -2.37. The SMILES string of the molecule is Cc1ccc(S(=O)(=O)O)c(CCN=C2C(=O)N(C(C)C)S(=O)(=O)C2c2ccccc2)c1. The van der Waals surface area contributed by atoms with Crippen molar-refractivity contribution < 1.29 is 26.2 Å². The highest BCUT2D eigenvalue weighted by Gasteiger charge is 2.51. The van der Waals surface area contributed by atoms with E-state index >= 15 is 0 Å². The first-order chi connectivity index (χ1) is 14.4. The Bertz CT molecular complexity index is 1240. The van der Waals surface area contributed by atoms with E-state index in [0.717, 1.165) is 9.87 Å². The molecule has 1 unspecified atom stereocenters. The predicted octanol–water partition coefficient (Wildman–Crippen LogP) is 2.55. The van der Waals surface area contributed by atoms with Crippen LogP contribution in [0, 0.1) is 6.92 Å². The molecule has 31 heavy (non-hydrogen) atoms. The third-order valence-corrected chi connectivity index (χ3v) is 8.15. The molecule has 1 aliphatic heterocycles.